The number of fused-ring (bicyclic) bond motifs is 2. The maximum absolute atomic E-state index is 11.8. The fraction of sp³-hybridized carbons (Fsp3) is 0.211. The third-order valence-electron chi connectivity index (χ3n) is 9.04. The van der Waals surface area contributed by atoms with E-state index in [0.29, 0.717) is 33.9 Å². The predicted octanol–water partition coefficient (Wildman–Crippen LogP) is 5.75. The number of aliphatic carboxylic acids is 2. The van der Waals surface area contributed by atoms with Gasteiger partial charge in [0.1, 0.15) is 0 Å². The number of carboxylic acids is 2. The zero-order valence-electron chi connectivity index (χ0n) is 27.4. The van der Waals surface area contributed by atoms with Gasteiger partial charge in [-0.15, -0.1) is 0 Å². The number of hydrogen-bond donors (Lipinski definition) is 3. The van der Waals surface area contributed by atoms with Gasteiger partial charge in [0.25, 0.3) is 0 Å². The van der Waals surface area contributed by atoms with Crippen LogP contribution >= 0.6 is 0 Å². The van der Waals surface area contributed by atoms with Crippen LogP contribution in [0.1, 0.15) is 66.8 Å². The van der Waals surface area contributed by atoms with E-state index in [9.17, 15) is 19.8 Å². The van der Waals surface area contributed by atoms with Gasteiger partial charge < -0.3 is 4.98 Å². The van der Waals surface area contributed by atoms with Gasteiger partial charge in [-0.1, -0.05) is 0 Å². The van der Waals surface area contributed by atoms with Crippen LogP contribution in [0.4, 0.5) is 0 Å². The maximum Gasteiger partial charge on any atom is 0.000496 e. The topological polar surface area (TPSA) is 125 Å². The van der Waals surface area contributed by atoms with E-state index in [0.717, 1.165) is 83.7 Å². The smallest absolute Gasteiger partial charge is 0.000496 e. The number of nitrogens with zero attached hydrogens (tertiary/aromatic N) is 4. The van der Waals surface area contributed by atoms with Gasteiger partial charge in [-0.3, -0.25) is 0 Å². The molecule has 0 saturated carbocycles. The summed E-state index contributed by atoms with van der Waals surface area (Å²) in [6.07, 6.45) is 16.4. The predicted molar refractivity (Wildman–Crippen MR) is 187 cm³/mol. The van der Waals surface area contributed by atoms with Crippen LogP contribution in [-0.4, -0.2) is 45.7 Å². The van der Waals surface area contributed by atoms with Crippen molar-refractivity contribution in [2.75, 3.05) is 0 Å². The van der Waals surface area contributed by atoms with Crippen LogP contribution in [-0.2, 0) is 31.4 Å². The van der Waals surface area contributed by atoms with Crippen molar-refractivity contribution >= 4 is 53.7 Å². The number of aromatic amines is 1. The Morgan fingerprint density at radius 2 is 1.44 bits per heavy atom. The molecule has 3 aromatic rings. The van der Waals surface area contributed by atoms with E-state index in [1.807, 2.05) is 63.5 Å². The van der Waals surface area contributed by atoms with Crippen LogP contribution in [0.25, 0.3) is 30.4 Å². The second-order valence-electron chi connectivity index (χ2n) is 11.9. The van der Waals surface area contributed by atoms with Crippen LogP contribution in [0.2, 0.25) is 0 Å². The van der Waals surface area contributed by atoms with Crippen molar-refractivity contribution < 1.29 is 35.2 Å². The minimum absolute atomic E-state index is 0.0140. The number of hydrogen-bond acceptors (Lipinski definition) is 4. The minimum atomic E-state index is -0.868. The first-order valence-corrected chi connectivity index (χ1v) is 16.6. The van der Waals surface area contributed by atoms with Crippen molar-refractivity contribution in [2.24, 2.45) is 9.98 Å². The molecule has 0 amide bonds. The van der Waals surface area contributed by atoms with E-state index in [2.05, 4.69) is 50.5 Å². The molecule has 7 rings (SSSR count). The van der Waals surface area contributed by atoms with E-state index in [1.165, 1.54) is 0 Å². The molecule has 0 radical (unpaired) electrons. The number of rotatable bonds is 8. The van der Waals surface area contributed by atoms with Crippen LogP contribution in [0, 0.1) is 13.8 Å². The van der Waals surface area contributed by atoms with Gasteiger partial charge in [0.05, 0.1) is 0 Å². The number of carbonyl (C=O) groups is 2. The Morgan fingerprint density at radius 3 is 2.06 bits per heavy atom. The first-order chi connectivity index (χ1) is 23.0. The number of aliphatic imine (C=N–C) groups is 2. The normalized spacial score (nSPS) is 19.4. The average Bonchev–Trinajstić information content (AvgIpc) is 3.86. The summed E-state index contributed by atoms with van der Waals surface area (Å²) >= 11 is 0.463. The standard InChI is InChI=1S/C34H34N4O4.C4H5N.Fe/c1-7-21-17(3)25-13-26-19(5)23(9-11-33(39)40)31(37-26)16-32-24(10-12-34(41)42)20(6)28(38-32)15-30-22(8-2)18(4)27(36-30)14-29(21)35-25;1-2-4-5-3-1;/h7-8,13-16H,1-2,9-12H2,3-6H3,(H4,35,36,37,38,39,40,41,42);1-5H;/q;;+2/p-2/b25-13?,26-13-,27-14?,28-15-,29-14-,30-15?,31-16-,32-16?;;. The molecule has 4 aliphatic heterocycles. The Balaban J connectivity index is 0.000000736. The molecule has 0 aliphatic carbocycles. The van der Waals surface area contributed by atoms with Crippen LogP contribution in [0.15, 0.2) is 87.4 Å². The van der Waals surface area contributed by atoms with Crippen molar-refractivity contribution in [1.29, 1.82) is 0 Å². The van der Waals surface area contributed by atoms with Crippen LogP contribution < -0.4 is 10.7 Å². The molecule has 6 bridgehead atoms. The van der Waals surface area contributed by atoms with E-state index in [-0.39, 0.29) is 12.8 Å². The van der Waals surface area contributed by atoms with Crippen LogP contribution in [0.5, 0.6) is 0 Å². The summed E-state index contributed by atoms with van der Waals surface area (Å²) in [5.74, 6) is -1.74. The van der Waals surface area contributed by atoms with Gasteiger partial charge >= 0.3 is 257 Å². The Hall–Kier alpha value is -5.18. The van der Waals surface area contributed by atoms with E-state index < -0.39 is 11.9 Å². The molecule has 7 heterocycles. The third-order valence-corrected chi connectivity index (χ3v) is 10.5. The van der Waals surface area contributed by atoms with Crippen molar-refractivity contribution in [2.45, 2.75) is 53.4 Å². The largest absolute Gasteiger partial charge is 0.368 e. The molecule has 9 nitrogen and oxygen atoms in total. The molecule has 3 N–H and O–H groups in total. The second-order valence-corrected chi connectivity index (χ2v) is 13.1. The maximum atomic E-state index is 11.8. The molecule has 3 aromatic heterocycles. The summed E-state index contributed by atoms with van der Waals surface area (Å²) in [5.41, 5.74) is 12.9. The Kier molecular flexibility index (Phi) is 8.97. The summed E-state index contributed by atoms with van der Waals surface area (Å²) < 4.78 is 4.47. The first-order valence-electron chi connectivity index (χ1n) is 15.7. The molecular weight excluding hydrogens is 646 g/mol. The van der Waals surface area contributed by atoms with E-state index in [1.54, 1.807) is 0 Å². The minimum Gasteiger partial charge on any atom is -0.368 e. The van der Waals surface area contributed by atoms with Gasteiger partial charge in [-0.05, 0) is 12.1 Å². The molecule has 4 aliphatic rings. The fourth-order valence-corrected chi connectivity index (χ4v) is 8.05. The number of nitrogens with one attached hydrogen (secondary N) is 1. The Labute approximate surface area is 285 Å². The third kappa shape index (κ3) is 5.78. The Morgan fingerprint density at radius 1 is 0.792 bits per heavy atom. The van der Waals surface area contributed by atoms with Gasteiger partial charge in [-0.25, -0.2) is 0 Å². The van der Waals surface area contributed by atoms with Crippen molar-refractivity contribution in [3.63, 3.8) is 0 Å². The molecular formula is C38H37FeN5O4. The zero-order chi connectivity index (χ0) is 34.3. The summed E-state index contributed by atoms with van der Waals surface area (Å²) in [6, 6.07) is 3.89. The van der Waals surface area contributed by atoms with E-state index >= 15 is 0 Å². The molecule has 48 heavy (non-hydrogen) atoms. The molecule has 0 spiro atoms. The summed E-state index contributed by atoms with van der Waals surface area (Å²) in [4.78, 5) is 36.3. The summed E-state index contributed by atoms with van der Waals surface area (Å²) in [6.45, 7) is 16.4. The summed E-state index contributed by atoms with van der Waals surface area (Å²) in [7, 11) is 0. The van der Waals surface area contributed by atoms with Crippen molar-refractivity contribution in [1.82, 2.24) is 12.2 Å². The van der Waals surface area contributed by atoms with Gasteiger partial charge in [0.15, 0.2) is 0 Å². The number of aromatic nitrogens is 3. The fourth-order valence-electron chi connectivity index (χ4n) is 6.41. The second kappa shape index (κ2) is 13.1. The van der Waals surface area contributed by atoms with Gasteiger partial charge in [-0.2, -0.15) is 0 Å². The monoisotopic (exact) mass is 683 g/mol. The molecule has 0 saturated heterocycles. The zero-order valence-corrected chi connectivity index (χ0v) is 28.5. The molecule has 246 valence electrons. The molecule has 0 unspecified atom stereocenters. The average molecular weight is 684 g/mol. The molecule has 0 fully saturated rings. The van der Waals surface area contributed by atoms with Crippen molar-refractivity contribution in [3.8, 4) is 0 Å². The van der Waals surface area contributed by atoms with Gasteiger partial charge in [0.2, 0.25) is 0 Å². The molecule has 10 heteroatoms. The van der Waals surface area contributed by atoms with Crippen LogP contribution in [0.3, 0.4) is 0 Å². The quantitative estimate of drug-likeness (QED) is 0.262. The number of carboxylic acid groups (broad SMARTS) is 2. The molecule has 0 aromatic carbocycles. The van der Waals surface area contributed by atoms with Crippen molar-refractivity contribution in [3.05, 3.63) is 122 Å². The van der Waals surface area contributed by atoms with E-state index in [4.69, 9.17) is 9.98 Å². The first kappa shape index (κ1) is 32.7. The number of H-pyrrole nitrogens is 1. The number of allylic oxidation sites excluding steroid dienone is 4. The van der Waals surface area contributed by atoms with Gasteiger partial charge in [0, 0.05) is 12.4 Å². The summed E-state index contributed by atoms with van der Waals surface area (Å²) in [5, 5.41) is 21.0. The Bertz CT molecular complexity index is 2210. The molecule has 0 atom stereocenters. The SMILES string of the molecule is C=CC1=C(C)C2=NC/1=C\c1c(C)c(C=C)c3[n]1[Fe][n]1/c(c(C)c(CCC(=O)O)/c1=C/C1=NC(=C\3)/C(C)=C1CCC(=O)O)=C\2.c1cc[nH]c1.